The zero-order valence-electron chi connectivity index (χ0n) is 9.78. The van der Waals surface area contributed by atoms with E-state index in [2.05, 4.69) is 19.2 Å². The fraction of sp³-hybridized carbons (Fsp3) is 1.00. The van der Waals surface area contributed by atoms with Crippen molar-refractivity contribution in [1.29, 1.82) is 0 Å². The number of aliphatic hydroxyl groups is 1. The van der Waals surface area contributed by atoms with Crippen LogP contribution in [-0.2, 0) is 4.74 Å². The maximum atomic E-state index is 9.76. The second kappa shape index (κ2) is 4.81. The Bertz CT molecular complexity index is 196. The van der Waals surface area contributed by atoms with Gasteiger partial charge in [-0.05, 0) is 45.4 Å². The zero-order valence-corrected chi connectivity index (χ0v) is 9.78. The second-order valence-corrected chi connectivity index (χ2v) is 5.24. The van der Waals surface area contributed by atoms with E-state index in [0.717, 1.165) is 19.4 Å². The van der Waals surface area contributed by atoms with Crippen molar-refractivity contribution in [2.75, 3.05) is 6.54 Å². The summed E-state index contributed by atoms with van der Waals surface area (Å²) in [7, 11) is 0. The Morgan fingerprint density at radius 1 is 1.27 bits per heavy atom. The largest absolute Gasteiger partial charge is 0.392 e. The minimum Gasteiger partial charge on any atom is -0.392 e. The molecule has 0 aromatic heterocycles. The van der Waals surface area contributed by atoms with E-state index < -0.39 is 0 Å². The van der Waals surface area contributed by atoms with Gasteiger partial charge in [0.15, 0.2) is 0 Å². The van der Waals surface area contributed by atoms with Crippen LogP contribution in [0.1, 0.15) is 39.5 Å². The van der Waals surface area contributed by atoms with Gasteiger partial charge in [-0.1, -0.05) is 0 Å². The van der Waals surface area contributed by atoms with Crippen molar-refractivity contribution in [1.82, 2.24) is 5.32 Å². The lowest BCUT2D eigenvalue weighted by molar-refractivity contribution is -0.0435. The molecule has 3 unspecified atom stereocenters. The van der Waals surface area contributed by atoms with Gasteiger partial charge < -0.3 is 15.2 Å². The van der Waals surface area contributed by atoms with E-state index in [1.807, 2.05) is 0 Å². The lowest BCUT2D eigenvalue weighted by Crippen LogP contribution is -2.44. The molecule has 1 aliphatic carbocycles. The molecule has 2 aliphatic rings. The first-order chi connectivity index (χ1) is 7.15. The molecule has 1 saturated heterocycles. The minimum atomic E-state index is -0.126. The van der Waals surface area contributed by atoms with Crippen LogP contribution in [0.3, 0.4) is 0 Å². The first-order valence-corrected chi connectivity index (χ1v) is 6.22. The summed E-state index contributed by atoms with van der Waals surface area (Å²) in [6.45, 7) is 5.01. The maximum Gasteiger partial charge on any atom is 0.0692 e. The van der Waals surface area contributed by atoms with Gasteiger partial charge >= 0.3 is 0 Å². The highest BCUT2D eigenvalue weighted by atomic mass is 16.5. The van der Waals surface area contributed by atoms with E-state index in [-0.39, 0.29) is 6.10 Å². The summed E-state index contributed by atoms with van der Waals surface area (Å²) in [5, 5.41) is 13.2. The normalized spacial score (nSPS) is 39.0. The van der Waals surface area contributed by atoms with Crippen LogP contribution in [0.2, 0.25) is 0 Å². The van der Waals surface area contributed by atoms with Gasteiger partial charge in [-0.15, -0.1) is 0 Å². The molecule has 88 valence electrons. The Kier molecular flexibility index (Phi) is 3.65. The van der Waals surface area contributed by atoms with E-state index >= 15 is 0 Å². The van der Waals surface area contributed by atoms with Crippen LogP contribution in [0.4, 0.5) is 0 Å². The van der Waals surface area contributed by atoms with Gasteiger partial charge in [0.05, 0.1) is 18.3 Å². The molecule has 0 spiro atoms. The van der Waals surface area contributed by atoms with Gasteiger partial charge in [-0.3, -0.25) is 0 Å². The fourth-order valence-electron chi connectivity index (χ4n) is 2.51. The molecule has 0 amide bonds. The molecule has 1 aliphatic heterocycles. The number of hydrogen-bond donors (Lipinski definition) is 2. The summed E-state index contributed by atoms with van der Waals surface area (Å²) in [6.07, 6.45) is 5.14. The lowest BCUT2D eigenvalue weighted by atomic mass is 9.99. The van der Waals surface area contributed by atoms with E-state index in [1.54, 1.807) is 0 Å². The third-order valence-electron chi connectivity index (χ3n) is 3.48. The van der Waals surface area contributed by atoms with Crippen molar-refractivity contribution in [3.8, 4) is 0 Å². The molecule has 15 heavy (non-hydrogen) atoms. The Morgan fingerprint density at radius 2 is 1.87 bits per heavy atom. The zero-order chi connectivity index (χ0) is 10.8. The average Bonchev–Trinajstić information content (AvgIpc) is 2.95. The van der Waals surface area contributed by atoms with Crippen molar-refractivity contribution < 1.29 is 9.84 Å². The molecule has 0 aromatic rings. The van der Waals surface area contributed by atoms with Gasteiger partial charge in [0.1, 0.15) is 0 Å². The minimum absolute atomic E-state index is 0.126. The number of ether oxygens (including phenoxy) is 1. The predicted octanol–water partition coefficient (Wildman–Crippen LogP) is 1.30. The number of nitrogens with one attached hydrogen (secondary N) is 1. The second-order valence-electron chi connectivity index (χ2n) is 5.24. The van der Waals surface area contributed by atoms with Gasteiger partial charge in [-0.25, -0.2) is 0 Å². The van der Waals surface area contributed by atoms with Crippen LogP contribution in [0.15, 0.2) is 0 Å². The monoisotopic (exact) mass is 213 g/mol. The smallest absolute Gasteiger partial charge is 0.0692 e. The molecule has 1 saturated carbocycles. The standard InChI is InChI=1S/C12H23NO2/c1-8-5-11(6-9(2)15-8)13-7-12(14)10-3-4-10/h8-14H,3-7H2,1-2H3. The van der Waals surface area contributed by atoms with Crippen LogP contribution < -0.4 is 5.32 Å². The summed E-state index contributed by atoms with van der Waals surface area (Å²) < 4.78 is 5.68. The highest BCUT2D eigenvalue weighted by Gasteiger charge is 2.31. The van der Waals surface area contributed by atoms with Gasteiger partial charge in [0.2, 0.25) is 0 Å². The van der Waals surface area contributed by atoms with Gasteiger partial charge in [0, 0.05) is 12.6 Å². The lowest BCUT2D eigenvalue weighted by Gasteiger charge is -2.33. The third-order valence-corrected chi connectivity index (χ3v) is 3.48. The van der Waals surface area contributed by atoms with Crippen molar-refractivity contribution in [2.45, 2.75) is 63.9 Å². The van der Waals surface area contributed by atoms with Crippen LogP contribution in [-0.4, -0.2) is 36.0 Å². The maximum absolute atomic E-state index is 9.76. The molecule has 3 atom stereocenters. The Hall–Kier alpha value is -0.120. The topological polar surface area (TPSA) is 41.5 Å². The van der Waals surface area contributed by atoms with Crippen molar-refractivity contribution in [2.24, 2.45) is 5.92 Å². The van der Waals surface area contributed by atoms with Crippen LogP contribution >= 0.6 is 0 Å². The summed E-state index contributed by atoms with van der Waals surface area (Å²) in [6, 6.07) is 0.525. The third kappa shape index (κ3) is 3.44. The van der Waals surface area contributed by atoms with E-state index in [0.29, 0.717) is 24.2 Å². The first kappa shape index (κ1) is 11.4. The summed E-state index contributed by atoms with van der Waals surface area (Å²) in [4.78, 5) is 0. The quantitative estimate of drug-likeness (QED) is 0.739. The highest BCUT2D eigenvalue weighted by Crippen LogP contribution is 2.32. The van der Waals surface area contributed by atoms with Crippen molar-refractivity contribution >= 4 is 0 Å². The predicted molar refractivity (Wildman–Crippen MR) is 59.8 cm³/mol. The van der Waals surface area contributed by atoms with E-state index in [4.69, 9.17) is 4.74 Å². The Morgan fingerprint density at radius 3 is 2.40 bits per heavy atom. The first-order valence-electron chi connectivity index (χ1n) is 6.22. The molecule has 3 heteroatoms. The number of rotatable bonds is 4. The van der Waals surface area contributed by atoms with Gasteiger partial charge in [-0.2, -0.15) is 0 Å². The van der Waals surface area contributed by atoms with Gasteiger partial charge in [0.25, 0.3) is 0 Å². The Labute approximate surface area is 92.2 Å². The molecule has 2 fully saturated rings. The SMILES string of the molecule is CC1CC(NCC(O)C2CC2)CC(C)O1. The van der Waals surface area contributed by atoms with Crippen molar-refractivity contribution in [3.63, 3.8) is 0 Å². The summed E-state index contributed by atoms with van der Waals surface area (Å²) in [5.74, 6) is 0.576. The molecule has 1 heterocycles. The molecule has 0 radical (unpaired) electrons. The average molecular weight is 213 g/mol. The molecular weight excluding hydrogens is 190 g/mol. The number of hydrogen-bond acceptors (Lipinski definition) is 3. The van der Waals surface area contributed by atoms with E-state index in [9.17, 15) is 5.11 Å². The fourth-order valence-corrected chi connectivity index (χ4v) is 2.51. The summed E-state index contributed by atoms with van der Waals surface area (Å²) in [5.41, 5.74) is 0. The van der Waals surface area contributed by atoms with Crippen LogP contribution in [0.5, 0.6) is 0 Å². The van der Waals surface area contributed by atoms with Crippen LogP contribution in [0.25, 0.3) is 0 Å². The van der Waals surface area contributed by atoms with Crippen molar-refractivity contribution in [3.05, 3.63) is 0 Å². The molecule has 0 bridgehead atoms. The molecule has 0 aromatic carbocycles. The Balaban J connectivity index is 1.68. The molecule has 2 N–H and O–H groups in total. The number of aliphatic hydroxyl groups excluding tert-OH is 1. The molecule has 3 nitrogen and oxygen atoms in total. The molecular formula is C12H23NO2. The highest BCUT2D eigenvalue weighted by molar-refractivity contribution is 4.85. The van der Waals surface area contributed by atoms with Crippen LogP contribution in [0, 0.1) is 5.92 Å². The molecule has 2 rings (SSSR count). The summed E-state index contributed by atoms with van der Waals surface area (Å²) >= 11 is 0. The van der Waals surface area contributed by atoms with E-state index in [1.165, 1.54) is 12.8 Å².